The predicted octanol–water partition coefficient (Wildman–Crippen LogP) is -0.357. The first-order valence-electron chi connectivity index (χ1n) is 13.1. The molecule has 1 spiro atoms. The third kappa shape index (κ3) is 3.75. The monoisotopic (exact) mass is 524 g/mol. The Morgan fingerprint density at radius 1 is 1.11 bits per heavy atom. The van der Waals surface area contributed by atoms with Crippen molar-refractivity contribution < 1.29 is 24.2 Å². The Morgan fingerprint density at radius 2 is 1.84 bits per heavy atom. The fourth-order valence-electron chi connectivity index (χ4n) is 6.61. The van der Waals surface area contributed by atoms with Crippen molar-refractivity contribution in [2.24, 2.45) is 0 Å². The van der Waals surface area contributed by atoms with E-state index >= 15 is 0 Å². The van der Waals surface area contributed by atoms with Crippen LogP contribution in [0.15, 0.2) is 30.3 Å². The summed E-state index contributed by atoms with van der Waals surface area (Å²) in [5.41, 5.74) is -0.330. The Morgan fingerprint density at radius 3 is 2.58 bits per heavy atom. The number of guanidine groups is 2. The maximum absolute atomic E-state index is 13.4. The lowest BCUT2D eigenvalue weighted by atomic mass is 9.87. The second-order valence-electron chi connectivity index (χ2n) is 10.5. The van der Waals surface area contributed by atoms with Crippen LogP contribution in [0.5, 0.6) is 0 Å². The summed E-state index contributed by atoms with van der Waals surface area (Å²) >= 11 is 0. The molecule has 38 heavy (non-hydrogen) atoms. The standard InChI is InChI=1S/C25H32N8O5/c26-22-29-20-15(12-32-18(34)9-10-19(32)35)28-23(27)33-13-17(21(36)25(20,33)30-22)38-24(37)31-11-5-4-8-16(31)14-6-2-1-3-7-14/h1-3,6-7,15-17,20-21,36H,4-5,8-13H2,(H2,27,28)(H3,26,29,30). The predicted molar refractivity (Wildman–Crippen MR) is 134 cm³/mol. The Balaban J connectivity index is 1.23. The number of benzene rings is 1. The van der Waals surface area contributed by atoms with Gasteiger partial charge in [0, 0.05) is 19.4 Å². The first kappa shape index (κ1) is 24.5. The van der Waals surface area contributed by atoms with E-state index in [1.54, 1.807) is 9.80 Å². The van der Waals surface area contributed by atoms with E-state index in [0.29, 0.717) is 6.54 Å². The van der Waals surface area contributed by atoms with Crippen LogP contribution in [0.25, 0.3) is 0 Å². The van der Waals surface area contributed by atoms with Crippen molar-refractivity contribution >= 4 is 29.8 Å². The van der Waals surface area contributed by atoms with E-state index in [0.717, 1.165) is 29.7 Å². The third-order valence-electron chi connectivity index (χ3n) is 8.41. The van der Waals surface area contributed by atoms with Gasteiger partial charge in [-0.05, 0) is 24.8 Å². The van der Waals surface area contributed by atoms with Crippen LogP contribution >= 0.6 is 0 Å². The molecule has 6 rings (SSSR count). The lowest BCUT2D eigenvalue weighted by Gasteiger charge is -2.49. The zero-order valence-electron chi connectivity index (χ0n) is 20.9. The number of likely N-dealkylation sites (tertiary alicyclic amines) is 2. The van der Waals surface area contributed by atoms with Crippen molar-refractivity contribution in [3.05, 3.63) is 35.9 Å². The molecular formula is C25H32N8O5. The van der Waals surface area contributed by atoms with Crippen molar-refractivity contribution in [2.75, 3.05) is 19.6 Å². The minimum atomic E-state index is -1.36. The third-order valence-corrected chi connectivity index (χ3v) is 8.41. The van der Waals surface area contributed by atoms with Crippen LogP contribution in [0.1, 0.15) is 43.7 Å². The summed E-state index contributed by atoms with van der Waals surface area (Å²) in [6.07, 6.45) is 0.175. The van der Waals surface area contributed by atoms with Gasteiger partial charge in [-0.3, -0.25) is 25.3 Å². The zero-order valence-corrected chi connectivity index (χ0v) is 20.9. The number of aliphatic hydroxyl groups excluding tert-OH is 1. The smallest absolute Gasteiger partial charge is 0.410 e. The number of rotatable bonds is 4. The van der Waals surface area contributed by atoms with Gasteiger partial charge in [-0.15, -0.1) is 0 Å². The maximum atomic E-state index is 13.4. The minimum Gasteiger partial charge on any atom is -0.441 e. The van der Waals surface area contributed by atoms with E-state index in [-0.39, 0.29) is 55.7 Å². The van der Waals surface area contributed by atoms with Crippen molar-refractivity contribution in [2.45, 2.75) is 68.1 Å². The maximum Gasteiger partial charge on any atom is 0.410 e. The first-order valence-corrected chi connectivity index (χ1v) is 13.1. The van der Waals surface area contributed by atoms with Crippen molar-refractivity contribution in [3.63, 3.8) is 0 Å². The molecule has 5 aliphatic heterocycles. The minimum absolute atomic E-state index is 0.00797. The second kappa shape index (κ2) is 9.15. The van der Waals surface area contributed by atoms with Crippen molar-refractivity contribution in [3.8, 4) is 0 Å². The molecule has 0 radical (unpaired) electrons. The second-order valence-corrected chi connectivity index (χ2v) is 10.5. The first-order chi connectivity index (χ1) is 18.3. The Hall–Kier alpha value is -3.87. The zero-order chi connectivity index (χ0) is 26.6. The molecule has 0 aliphatic carbocycles. The average Bonchev–Trinajstić information content (AvgIpc) is 3.53. The van der Waals surface area contributed by atoms with Crippen LogP contribution in [0.2, 0.25) is 0 Å². The van der Waals surface area contributed by atoms with Crippen LogP contribution in [0.3, 0.4) is 0 Å². The molecule has 0 bridgehead atoms. The molecule has 1 aromatic rings. The summed E-state index contributed by atoms with van der Waals surface area (Å²) in [5.74, 6) is -0.679. The number of aliphatic hydroxyl groups is 1. The van der Waals surface area contributed by atoms with Gasteiger partial charge in [-0.25, -0.2) is 4.79 Å². The van der Waals surface area contributed by atoms with Gasteiger partial charge < -0.3 is 35.6 Å². The lowest BCUT2D eigenvalue weighted by molar-refractivity contribution is -0.139. The molecule has 202 valence electrons. The highest BCUT2D eigenvalue weighted by atomic mass is 16.6. The topological polar surface area (TPSA) is 174 Å². The van der Waals surface area contributed by atoms with Crippen LogP contribution < -0.4 is 16.0 Å². The number of hydrogen-bond acceptors (Lipinski definition) is 7. The highest BCUT2D eigenvalue weighted by Crippen LogP contribution is 2.40. The normalized spacial score (nSPS) is 34.4. The molecule has 3 amide bonds. The van der Waals surface area contributed by atoms with Crippen LogP contribution in [0, 0.1) is 10.8 Å². The Kier molecular flexibility index (Phi) is 5.89. The van der Waals surface area contributed by atoms with E-state index < -0.39 is 36.0 Å². The van der Waals surface area contributed by atoms with Crippen LogP contribution in [-0.4, -0.2) is 99.2 Å². The fraction of sp³-hybridized carbons (Fsp3) is 0.560. The van der Waals surface area contributed by atoms with Gasteiger partial charge in [0.25, 0.3) is 0 Å². The molecule has 13 nitrogen and oxygen atoms in total. The van der Waals surface area contributed by atoms with E-state index in [9.17, 15) is 19.5 Å². The summed E-state index contributed by atoms with van der Waals surface area (Å²) in [6.45, 7) is 0.571. The van der Waals surface area contributed by atoms with Crippen LogP contribution in [-0.2, 0) is 14.3 Å². The summed E-state index contributed by atoms with van der Waals surface area (Å²) in [7, 11) is 0. The molecule has 0 aromatic heterocycles. The van der Waals surface area contributed by atoms with Gasteiger partial charge in [0.05, 0.1) is 31.2 Å². The summed E-state index contributed by atoms with van der Waals surface area (Å²) < 4.78 is 5.91. The molecule has 5 fully saturated rings. The highest BCUT2D eigenvalue weighted by molar-refractivity contribution is 6.02. The molecule has 5 aliphatic rings. The number of carbonyl (C=O) groups is 3. The fourth-order valence-corrected chi connectivity index (χ4v) is 6.61. The number of hydrogen-bond donors (Lipinski definition) is 6. The van der Waals surface area contributed by atoms with Crippen LogP contribution in [0.4, 0.5) is 4.79 Å². The van der Waals surface area contributed by atoms with Gasteiger partial charge in [0.1, 0.15) is 6.10 Å². The quantitative estimate of drug-likeness (QED) is 0.288. The number of nitrogens with zero attached hydrogens (tertiary/aromatic N) is 3. The molecular weight excluding hydrogens is 492 g/mol. The Labute approximate surface area is 219 Å². The number of imide groups is 1. The van der Waals surface area contributed by atoms with Crippen molar-refractivity contribution in [1.82, 2.24) is 30.7 Å². The van der Waals surface area contributed by atoms with Gasteiger partial charge in [0.2, 0.25) is 11.8 Å². The van der Waals surface area contributed by atoms with Crippen molar-refractivity contribution in [1.29, 1.82) is 10.8 Å². The Bertz CT molecular complexity index is 1160. The molecule has 5 saturated heterocycles. The number of ether oxygens (including phenoxy) is 1. The van der Waals surface area contributed by atoms with Gasteiger partial charge in [-0.1, -0.05) is 30.3 Å². The molecule has 6 N–H and O–H groups in total. The largest absolute Gasteiger partial charge is 0.441 e. The summed E-state index contributed by atoms with van der Waals surface area (Å²) in [4.78, 5) is 42.4. The molecule has 5 heterocycles. The van der Waals surface area contributed by atoms with E-state index in [2.05, 4.69) is 16.0 Å². The summed E-state index contributed by atoms with van der Waals surface area (Å²) in [6, 6.07) is 8.35. The number of nitrogens with one attached hydrogen (secondary N) is 5. The van der Waals surface area contributed by atoms with Gasteiger partial charge >= 0.3 is 6.09 Å². The average molecular weight is 525 g/mol. The molecule has 1 aromatic carbocycles. The number of amides is 3. The molecule has 0 saturated carbocycles. The van der Waals surface area contributed by atoms with E-state index in [1.165, 1.54) is 0 Å². The molecule has 6 unspecified atom stereocenters. The lowest BCUT2D eigenvalue weighted by Crippen LogP contribution is -2.78. The summed E-state index contributed by atoms with van der Waals surface area (Å²) in [5, 5.41) is 37.5. The molecule has 6 atom stereocenters. The number of piperidine rings is 1. The SMILES string of the molecule is N=C1NC2C(CN3C(=O)CCC3=O)NC(=N)N3CC(OC(=O)N4CCCCC4c4ccccc4)C(O)C23N1. The van der Waals surface area contributed by atoms with Gasteiger partial charge in [0.15, 0.2) is 23.7 Å². The highest BCUT2D eigenvalue weighted by Gasteiger charge is 2.67. The van der Waals surface area contributed by atoms with E-state index in [4.69, 9.17) is 15.6 Å². The van der Waals surface area contributed by atoms with Gasteiger partial charge in [-0.2, -0.15) is 0 Å². The molecule has 13 heteroatoms. The number of carbonyl (C=O) groups excluding carboxylic acids is 3. The van der Waals surface area contributed by atoms with E-state index in [1.807, 2.05) is 30.3 Å².